The summed E-state index contributed by atoms with van der Waals surface area (Å²) in [5, 5.41) is 3.18. The molecule has 1 aliphatic rings. The van der Waals surface area contributed by atoms with Crippen LogP contribution in [-0.2, 0) is 6.54 Å². The number of para-hydroxylation sites is 1. The Morgan fingerprint density at radius 3 is 2.52 bits per heavy atom. The molecule has 4 nitrogen and oxygen atoms in total. The van der Waals surface area contributed by atoms with Gasteiger partial charge in [-0.05, 0) is 27.0 Å². The topological polar surface area (TPSA) is 27.7 Å². The fraction of sp³-hybridized carbons (Fsp3) is 0.647. The number of rotatable bonds is 7. The SMILES string of the molecule is CNCc1ccccc1OCCN1CCN(C(C)C)CC1. The van der Waals surface area contributed by atoms with E-state index in [-0.39, 0.29) is 0 Å². The van der Waals surface area contributed by atoms with Crippen LogP contribution in [0.5, 0.6) is 5.75 Å². The quantitative estimate of drug-likeness (QED) is 0.829. The van der Waals surface area contributed by atoms with Crippen molar-refractivity contribution in [2.24, 2.45) is 0 Å². The number of piperazine rings is 1. The van der Waals surface area contributed by atoms with Crippen LogP contribution in [0.25, 0.3) is 0 Å². The molecule has 1 aromatic carbocycles. The van der Waals surface area contributed by atoms with Crippen molar-refractivity contribution < 1.29 is 4.74 Å². The molecular weight excluding hydrogens is 262 g/mol. The third-order valence-corrected chi connectivity index (χ3v) is 4.14. The van der Waals surface area contributed by atoms with Crippen LogP contribution in [0.2, 0.25) is 0 Å². The molecule has 4 heteroatoms. The van der Waals surface area contributed by atoms with E-state index in [0.717, 1.165) is 38.5 Å². The van der Waals surface area contributed by atoms with Crippen LogP contribution in [0, 0.1) is 0 Å². The zero-order chi connectivity index (χ0) is 15.1. The molecule has 1 saturated heterocycles. The Hall–Kier alpha value is -1.10. The molecule has 0 unspecified atom stereocenters. The van der Waals surface area contributed by atoms with E-state index in [1.165, 1.54) is 18.7 Å². The Labute approximate surface area is 129 Å². The second-order valence-electron chi connectivity index (χ2n) is 5.96. The minimum Gasteiger partial charge on any atom is -0.492 e. The molecule has 1 heterocycles. The zero-order valence-corrected chi connectivity index (χ0v) is 13.6. The summed E-state index contributed by atoms with van der Waals surface area (Å²) in [4.78, 5) is 5.04. The number of hydrogen-bond acceptors (Lipinski definition) is 4. The predicted molar refractivity (Wildman–Crippen MR) is 87.8 cm³/mol. The van der Waals surface area contributed by atoms with Gasteiger partial charge in [0.1, 0.15) is 12.4 Å². The van der Waals surface area contributed by atoms with E-state index >= 15 is 0 Å². The molecule has 0 radical (unpaired) electrons. The molecule has 0 aromatic heterocycles. The Morgan fingerprint density at radius 1 is 1.14 bits per heavy atom. The second-order valence-corrected chi connectivity index (χ2v) is 5.96. The van der Waals surface area contributed by atoms with Crippen molar-refractivity contribution in [1.82, 2.24) is 15.1 Å². The van der Waals surface area contributed by atoms with Crippen molar-refractivity contribution in [3.63, 3.8) is 0 Å². The lowest BCUT2D eigenvalue weighted by Gasteiger charge is -2.36. The smallest absolute Gasteiger partial charge is 0.123 e. The molecule has 0 atom stereocenters. The maximum absolute atomic E-state index is 5.97. The first kappa shape index (κ1) is 16.3. The van der Waals surface area contributed by atoms with Crippen LogP contribution >= 0.6 is 0 Å². The largest absolute Gasteiger partial charge is 0.492 e. The molecule has 1 aliphatic heterocycles. The molecule has 0 bridgehead atoms. The molecule has 0 spiro atoms. The monoisotopic (exact) mass is 291 g/mol. The van der Waals surface area contributed by atoms with Crippen LogP contribution in [0.3, 0.4) is 0 Å². The Morgan fingerprint density at radius 2 is 1.86 bits per heavy atom. The van der Waals surface area contributed by atoms with E-state index in [0.29, 0.717) is 6.04 Å². The van der Waals surface area contributed by atoms with E-state index < -0.39 is 0 Å². The van der Waals surface area contributed by atoms with Gasteiger partial charge in [-0.2, -0.15) is 0 Å². The summed E-state index contributed by atoms with van der Waals surface area (Å²) in [6.45, 7) is 11.8. The normalized spacial score (nSPS) is 17.3. The van der Waals surface area contributed by atoms with Gasteiger partial charge in [0.05, 0.1) is 0 Å². The molecule has 0 saturated carbocycles. The fourth-order valence-corrected chi connectivity index (χ4v) is 2.77. The van der Waals surface area contributed by atoms with Gasteiger partial charge in [0.25, 0.3) is 0 Å². The maximum Gasteiger partial charge on any atom is 0.123 e. The number of ether oxygens (including phenoxy) is 1. The highest BCUT2D eigenvalue weighted by Gasteiger charge is 2.18. The lowest BCUT2D eigenvalue weighted by Crippen LogP contribution is -2.49. The summed E-state index contributed by atoms with van der Waals surface area (Å²) in [6, 6.07) is 8.94. The highest BCUT2D eigenvalue weighted by Crippen LogP contribution is 2.17. The van der Waals surface area contributed by atoms with Gasteiger partial charge in [0.15, 0.2) is 0 Å². The Bertz CT molecular complexity index is 414. The van der Waals surface area contributed by atoms with Crippen molar-refractivity contribution in [3.8, 4) is 5.75 Å². The van der Waals surface area contributed by atoms with Crippen molar-refractivity contribution >= 4 is 0 Å². The van der Waals surface area contributed by atoms with Gasteiger partial charge in [0, 0.05) is 50.9 Å². The molecular formula is C17H29N3O. The number of benzene rings is 1. The van der Waals surface area contributed by atoms with Gasteiger partial charge in [-0.15, -0.1) is 0 Å². The summed E-state index contributed by atoms with van der Waals surface area (Å²) >= 11 is 0. The van der Waals surface area contributed by atoms with E-state index in [4.69, 9.17) is 4.74 Å². The first-order valence-electron chi connectivity index (χ1n) is 8.02. The van der Waals surface area contributed by atoms with Gasteiger partial charge < -0.3 is 10.1 Å². The zero-order valence-electron chi connectivity index (χ0n) is 13.6. The first-order valence-corrected chi connectivity index (χ1v) is 8.02. The molecule has 0 amide bonds. The van der Waals surface area contributed by atoms with Crippen LogP contribution in [0.15, 0.2) is 24.3 Å². The summed E-state index contributed by atoms with van der Waals surface area (Å²) < 4.78 is 5.97. The fourth-order valence-electron chi connectivity index (χ4n) is 2.77. The van der Waals surface area contributed by atoms with E-state index in [9.17, 15) is 0 Å². The molecule has 21 heavy (non-hydrogen) atoms. The molecule has 1 N–H and O–H groups in total. The maximum atomic E-state index is 5.97. The Kier molecular flexibility index (Phi) is 6.49. The standard InChI is InChI=1S/C17H29N3O/c1-15(2)20-10-8-19(9-11-20)12-13-21-17-7-5-4-6-16(17)14-18-3/h4-7,15,18H,8-14H2,1-3H3. The van der Waals surface area contributed by atoms with Crippen molar-refractivity contribution in [2.45, 2.75) is 26.4 Å². The van der Waals surface area contributed by atoms with E-state index in [1.54, 1.807) is 0 Å². The van der Waals surface area contributed by atoms with E-state index in [2.05, 4.69) is 47.2 Å². The molecule has 1 aromatic rings. The molecule has 0 aliphatic carbocycles. The average molecular weight is 291 g/mol. The number of nitrogens with one attached hydrogen (secondary N) is 1. The summed E-state index contributed by atoms with van der Waals surface area (Å²) in [7, 11) is 1.96. The highest BCUT2D eigenvalue weighted by molar-refractivity contribution is 5.33. The lowest BCUT2D eigenvalue weighted by molar-refractivity contribution is 0.0970. The first-order chi connectivity index (χ1) is 10.2. The number of hydrogen-bond donors (Lipinski definition) is 1. The minimum absolute atomic E-state index is 0.664. The third-order valence-electron chi connectivity index (χ3n) is 4.14. The van der Waals surface area contributed by atoms with Gasteiger partial charge in [-0.25, -0.2) is 0 Å². The Balaban J connectivity index is 1.73. The van der Waals surface area contributed by atoms with E-state index in [1.807, 2.05) is 13.1 Å². The summed E-state index contributed by atoms with van der Waals surface area (Å²) in [6.07, 6.45) is 0. The highest BCUT2D eigenvalue weighted by atomic mass is 16.5. The average Bonchev–Trinajstić information content (AvgIpc) is 2.50. The lowest BCUT2D eigenvalue weighted by atomic mass is 10.2. The van der Waals surface area contributed by atoms with Crippen LogP contribution in [-0.4, -0.2) is 62.2 Å². The molecule has 118 valence electrons. The van der Waals surface area contributed by atoms with Crippen LogP contribution in [0.4, 0.5) is 0 Å². The van der Waals surface area contributed by atoms with Gasteiger partial charge in [-0.3, -0.25) is 9.80 Å². The summed E-state index contributed by atoms with van der Waals surface area (Å²) in [5.74, 6) is 1.01. The molecule has 1 fully saturated rings. The summed E-state index contributed by atoms with van der Waals surface area (Å²) in [5.41, 5.74) is 1.23. The van der Waals surface area contributed by atoms with Gasteiger partial charge in [0.2, 0.25) is 0 Å². The van der Waals surface area contributed by atoms with Crippen molar-refractivity contribution in [1.29, 1.82) is 0 Å². The van der Waals surface area contributed by atoms with Gasteiger partial charge in [-0.1, -0.05) is 18.2 Å². The van der Waals surface area contributed by atoms with Gasteiger partial charge >= 0.3 is 0 Å². The predicted octanol–water partition coefficient (Wildman–Crippen LogP) is 1.81. The third kappa shape index (κ3) is 4.99. The molecule has 2 rings (SSSR count). The van der Waals surface area contributed by atoms with Crippen LogP contribution < -0.4 is 10.1 Å². The second kappa shape index (κ2) is 8.37. The van der Waals surface area contributed by atoms with Crippen molar-refractivity contribution in [2.75, 3.05) is 46.4 Å². The van der Waals surface area contributed by atoms with Crippen LogP contribution in [0.1, 0.15) is 19.4 Å². The van der Waals surface area contributed by atoms with Crippen molar-refractivity contribution in [3.05, 3.63) is 29.8 Å². The minimum atomic E-state index is 0.664. The number of nitrogens with zero attached hydrogens (tertiary/aromatic N) is 2.